The number of esters is 2. The number of aromatic nitrogens is 2. The molecule has 3 aromatic heterocycles. The monoisotopic (exact) mass is 528 g/mol. The fourth-order valence-corrected chi connectivity index (χ4v) is 4.41. The van der Waals surface area contributed by atoms with E-state index in [1.807, 2.05) is 12.1 Å². The molecular formula is C28H24N4O7. The van der Waals surface area contributed by atoms with Gasteiger partial charge in [0.25, 0.3) is 0 Å². The zero-order chi connectivity index (χ0) is 27.5. The third-order valence-corrected chi connectivity index (χ3v) is 6.00. The van der Waals surface area contributed by atoms with Crippen LogP contribution in [0, 0.1) is 0 Å². The van der Waals surface area contributed by atoms with E-state index in [0.29, 0.717) is 34.6 Å². The SMILES string of the molecule is CCOC(=O)c1cc2ccccc2n1N(C=O)c1ccc(N(C=O)n2c(C(=O)OCC)cc3ccccc32)o1. The van der Waals surface area contributed by atoms with Crippen LogP contribution in [-0.2, 0) is 19.1 Å². The average Bonchev–Trinajstić information content (AvgIpc) is 3.67. The van der Waals surface area contributed by atoms with Gasteiger partial charge < -0.3 is 13.9 Å². The fraction of sp³-hybridized carbons (Fsp3) is 0.143. The molecule has 5 rings (SSSR count). The van der Waals surface area contributed by atoms with Crippen LogP contribution in [0.4, 0.5) is 11.8 Å². The smallest absolute Gasteiger partial charge is 0.356 e. The molecule has 0 radical (unpaired) electrons. The predicted molar refractivity (Wildman–Crippen MR) is 142 cm³/mol. The number of anilines is 2. The summed E-state index contributed by atoms with van der Waals surface area (Å²) in [4.78, 5) is 50.3. The first-order chi connectivity index (χ1) is 19.0. The number of hydrogen-bond donors (Lipinski definition) is 0. The van der Waals surface area contributed by atoms with Gasteiger partial charge in [0.1, 0.15) is 11.4 Å². The van der Waals surface area contributed by atoms with Crippen molar-refractivity contribution in [3.8, 4) is 0 Å². The van der Waals surface area contributed by atoms with Crippen molar-refractivity contribution in [1.82, 2.24) is 9.35 Å². The molecule has 11 nitrogen and oxygen atoms in total. The molecule has 2 amide bonds. The first kappa shape index (κ1) is 25.3. The van der Waals surface area contributed by atoms with Crippen molar-refractivity contribution in [2.75, 3.05) is 23.2 Å². The summed E-state index contributed by atoms with van der Waals surface area (Å²) in [7, 11) is 0. The summed E-state index contributed by atoms with van der Waals surface area (Å²) in [6.07, 6.45) is 0.969. The van der Waals surface area contributed by atoms with Crippen molar-refractivity contribution in [3.63, 3.8) is 0 Å². The lowest BCUT2D eigenvalue weighted by atomic mass is 10.2. The van der Waals surface area contributed by atoms with E-state index in [-0.39, 0.29) is 36.4 Å². The summed E-state index contributed by atoms with van der Waals surface area (Å²) >= 11 is 0. The molecule has 0 saturated heterocycles. The number of para-hydroxylation sites is 2. The van der Waals surface area contributed by atoms with Gasteiger partial charge in [-0.2, -0.15) is 10.0 Å². The van der Waals surface area contributed by atoms with Gasteiger partial charge in [0, 0.05) is 22.9 Å². The zero-order valence-corrected chi connectivity index (χ0v) is 21.1. The van der Waals surface area contributed by atoms with Gasteiger partial charge in [-0.25, -0.2) is 18.9 Å². The van der Waals surface area contributed by atoms with Crippen LogP contribution < -0.4 is 10.0 Å². The first-order valence-electron chi connectivity index (χ1n) is 12.2. The van der Waals surface area contributed by atoms with Crippen LogP contribution in [0.15, 0.2) is 77.2 Å². The predicted octanol–water partition coefficient (Wildman–Crippen LogP) is 4.39. The quantitative estimate of drug-likeness (QED) is 0.195. The van der Waals surface area contributed by atoms with Crippen molar-refractivity contribution in [1.29, 1.82) is 0 Å². The molecule has 5 aromatic rings. The third kappa shape index (κ3) is 4.39. The number of benzene rings is 2. The van der Waals surface area contributed by atoms with E-state index in [1.165, 1.54) is 21.5 Å². The minimum Gasteiger partial charge on any atom is -0.461 e. The summed E-state index contributed by atoms with van der Waals surface area (Å²) in [6, 6.07) is 20.4. The Hall–Kier alpha value is -5.32. The molecule has 0 N–H and O–H groups in total. The molecule has 0 aliphatic rings. The van der Waals surface area contributed by atoms with Gasteiger partial charge in [-0.1, -0.05) is 36.4 Å². The second-order valence-corrected chi connectivity index (χ2v) is 8.25. The first-order valence-corrected chi connectivity index (χ1v) is 12.2. The maximum Gasteiger partial charge on any atom is 0.356 e. The summed E-state index contributed by atoms with van der Waals surface area (Å²) in [6.45, 7) is 3.66. The minimum atomic E-state index is -0.625. The second-order valence-electron chi connectivity index (χ2n) is 8.25. The Morgan fingerprint density at radius 3 is 1.51 bits per heavy atom. The number of carbonyl (C=O) groups is 4. The number of hydrogen-bond acceptors (Lipinski definition) is 7. The van der Waals surface area contributed by atoms with E-state index in [1.54, 1.807) is 62.4 Å². The van der Waals surface area contributed by atoms with Gasteiger partial charge in [-0.05, 0) is 38.1 Å². The topological polar surface area (TPSA) is 116 Å². The number of amides is 2. The largest absolute Gasteiger partial charge is 0.461 e. The van der Waals surface area contributed by atoms with Crippen molar-refractivity contribution in [2.24, 2.45) is 0 Å². The highest BCUT2D eigenvalue weighted by atomic mass is 16.5. The number of furan rings is 1. The van der Waals surface area contributed by atoms with Crippen molar-refractivity contribution in [2.45, 2.75) is 13.8 Å². The van der Waals surface area contributed by atoms with Gasteiger partial charge in [-0.3, -0.25) is 9.59 Å². The fourth-order valence-electron chi connectivity index (χ4n) is 4.41. The molecule has 3 heterocycles. The van der Waals surface area contributed by atoms with Crippen LogP contribution in [0.2, 0.25) is 0 Å². The molecular weight excluding hydrogens is 504 g/mol. The summed E-state index contributed by atoms with van der Waals surface area (Å²) in [5, 5.41) is 3.60. The van der Waals surface area contributed by atoms with E-state index in [0.717, 1.165) is 10.0 Å². The Morgan fingerprint density at radius 2 is 1.13 bits per heavy atom. The van der Waals surface area contributed by atoms with Crippen molar-refractivity contribution in [3.05, 3.63) is 84.2 Å². The van der Waals surface area contributed by atoms with Crippen LogP contribution in [0.5, 0.6) is 0 Å². The molecule has 0 fully saturated rings. The number of carbonyl (C=O) groups excluding carboxylic acids is 4. The number of fused-ring (bicyclic) bond motifs is 2. The lowest BCUT2D eigenvalue weighted by Crippen LogP contribution is -2.32. The molecule has 0 spiro atoms. The molecule has 0 saturated carbocycles. The van der Waals surface area contributed by atoms with Crippen LogP contribution in [0.3, 0.4) is 0 Å². The highest BCUT2D eigenvalue weighted by Gasteiger charge is 2.27. The molecule has 198 valence electrons. The Kier molecular flexibility index (Phi) is 6.87. The lowest BCUT2D eigenvalue weighted by molar-refractivity contribution is -0.108. The van der Waals surface area contributed by atoms with Crippen LogP contribution in [0.1, 0.15) is 34.8 Å². The Morgan fingerprint density at radius 1 is 0.718 bits per heavy atom. The van der Waals surface area contributed by atoms with Crippen LogP contribution >= 0.6 is 0 Å². The molecule has 0 unspecified atom stereocenters. The Labute approximate surface area is 222 Å². The van der Waals surface area contributed by atoms with Crippen molar-refractivity contribution >= 4 is 58.3 Å². The number of nitrogens with zero attached hydrogens (tertiary/aromatic N) is 4. The summed E-state index contributed by atoms with van der Waals surface area (Å²) in [5.41, 5.74) is 1.32. The van der Waals surface area contributed by atoms with Gasteiger partial charge in [0.2, 0.25) is 24.6 Å². The molecule has 0 atom stereocenters. The molecule has 2 aromatic carbocycles. The minimum absolute atomic E-state index is 0.00731. The highest BCUT2D eigenvalue weighted by Crippen LogP contribution is 2.31. The standard InChI is InChI=1S/C28H24N4O7/c1-3-37-27(35)23-15-19-9-5-7-11-21(19)31(23)29(17-33)25-13-14-26(39-25)30(18-34)32-22-12-8-6-10-20(22)16-24(32)28(36)38-4-2/h5-18H,3-4H2,1-2H3. The maximum atomic E-state index is 12.8. The van der Waals surface area contributed by atoms with Crippen molar-refractivity contribution < 1.29 is 33.1 Å². The Bertz CT molecular complexity index is 1570. The molecule has 39 heavy (non-hydrogen) atoms. The van der Waals surface area contributed by atoms with Gasteiger partial charge in [0.05, 0.1) is 24.2 Å². The van der Waals surface area contributed by atoms with Gasteiger partial charge >= 0.3 is 11.9 Å². The third-order valence-electron chi connectivity index (χ3n) is 6.00. The maximum absolute atomic E-state index is 12.8. The highest BCUT2D eigenvalue weighted by molar-refractivity contribution is 5.99. The molecule has 0 bridgehead atoms. The molecule has 0 aliphatic carbocycles. The van der Waals surface area contributed by atoms with Gasteiger partial charge in [-0.15, -0.1) is 0 Å². The van der Waals surface area contributed by atoms with E-state index in [9.17, 15) is 19.2 Å². The molecule has 0 aliphatic heterocycles. The van der Waals surface area contributed by atoms with Gasteiger partial charge in [0.15, 0.2) is 0 Å². The second kappa shape index (κ2) is 10.6. The normalized spacial score (nSPS) is 10.9. The van der Waals surface area contributed by atoms with Crippen LogP contribution in [-0.4, -0.2) is 47.3 Å². The van der Waals surface area contributed by atoms with E-state index >= 15 is 0 Å². The number of rotatable bonds is 10. The molecule has 11 heteroatoms. The van der Waals surface area contributed by atoms with E-state index < -0.39 is 11.9 Å². The van der Waals surface area contributed by atoms with E-state index in [2.05, 4.69) is 0 Å². The number of ether oxygens (including phenoxy) is 2. The van der Waals surface area contributed by atoms with Crippen LogP contribution in [0.25, 0.3) is 21.8 Å². The zero-order valence-electron chi connectivity index (χ0n) is 21.1. The summed E-state index contributed by atoms with van der Waals surface area (Å²) in [5.74, 6) is -1.24. The average molecular weight is 529 g/mol. The van der Waals surface area contributed by atoms with E-state index in [4.69, 9.17) is 13.9 Å². The Balaban J connectivity index is 1.62. The lowest BCUT2D eigenvalue weighted by Gasteiger charge is -2.21. The summed E-state index contributed by atoms with van der Waals surface area (Å²) < 4.78 is 19.1.